The number of phenolic OH excluding ortho intramolecular Hbond substituents is 2. The predicted octanol–water partition coefficient (Wildman–Crippen LogP) is -4.38. The van der Waals surface area contributed by atoms with E-state index < -0.39 is 176 Å². The second kappa shape index (κ2) is 36.2. The Labute approximate surface area is 484 Å². The first-order chi connectivity index (χ1) is 39.5. The number of phenols is 2. The largest absolute Gasteiger partial charge is 0.508 e. The number of carboxylic acids is 2. The molecule has 0 heterocycles. The number of aliphatic hydroxyl groups is 2. The number of rotatable bonds is 38. The van der Waals surface area contributed by atoms with Crippen molar-refractivity contribution in [2.45, 2.75) is 159 Å². The lowest BCUT2D eigenvalue weighted by Crippen LogP contribution is -2.62. The number of hydrogen-bond acceptors (Lipinski definition) is 18. The van der Waals surface area contributed by atoms with Crippen molar-refractivity contribution in [2.75, 3.05) is 19.7 Å². The highest BCUT2D eigenvalue weighted by Crippen LogP contribution is 2.16. The molecule has 0 saturated carbocycles. The zero-order valence-electron chi connectivity index (χ0n) is 47.6. The molecule has 0 spiro atoms. The molecule has 0 fully saturated rings. The van der Waals surface area contributed by atoms with Crippen LogP contribution in [0, 0.1) is 11.8 Å². The molecule has 0 aliphatic heterocycles. The van der Waals surface area contributed by atoms with Gasteiger partial charge in [-0.25, -0.2) is 4.79 Å². The maximum Gasteiger partial charge on any atom is 0.328 e. The standard InChI is InChI=1S/C54H82N12O18/c1-27(2)22-37(62-49(78)38(58-42(72)25-56)23-30-9-13-32(69)14-10-30)51(80)66-45(29(5)68)53(82)61-36(18-20-43(73)74)46(75)59-34(8-6-7-21-55)48(77)65-44(28(3)4)52(81)63-39(24-31-11-15-33(70)16-12-31)50(79)60-35(17-19-41(57)71)47(76)64-40(26-67)54(83)84/h9-16,27-29,34-40,44-45,67-70H,6-8,17-26,55-56H2,1-5H3,(H2,57,71)(H,58,72)(H,59,75)(H,60,79)(H,61,82)(H,62,78)(H,63,81)(H,64,76)(H,65,77)(H,66,80)(H,73,74)(H,83,84)/t29-,34+,35+,36+,37+,38+,39+,40+,44+,45+/m1/s1. The number of primary amides is 1. The third kappa shape index (κ3) is 25.8. The van der Waals surface area contributed by atoms with E-state index in [1.807, 2.05) is 5.32 Å². The Morgan fingerprint density at radius 1 is 0.476 bits per heavy atom. The monoisotopic (exact) mass is 1190 g/mol. The lowest BCUT2D eigenvalue weighted by Gasteiger charge is -2.30. The molecule has 0 aromatic heterocycles. The van der Waals surface area contributed by atoms with Crippen LogP contribution >= 0.6 is 0 Å². The zero-order valence-corrected chi connectivity index (χ0v) is 47.6. The summed E-state index contributed by atoms with van der Waals surface area (Å²) in [5.74, 6) is -14.1. The van der Waals surface area contributed by atoms with E-state index in [2.05, 4.69) is 42.5 Å². The van der Waals surface area contributed by atoms with Gasteiger partial charge in [0.05, 0.1) is 19.3 Å². The van der Waals surface area contributed by atoms with Gasteiger partial charge in [0.15, 0.2) is 0 Å². The number of aromatic hydroxyl groups is 2. The van der Waals surface area contributed by atoms with E-state index in [-0.39, 0.29) is 56.1 Å². The summed E-state index contributed by atoms with van der Waals surface area (Å²) in [6.45, 7) is 6.26. The van der Waals surface area contributed by atoms with Crippen molar-refractivity contribution in [3.8, 4) is 11.5 Å². The van der Waals surface area contributed by atoms with Gasteiger partial charge < -0.3 is 95.7 Å². The Morgan fingerprint density at radius 3 is 1.30 bits per heavy atom. The highest BCUT2D eigenvalue weighted by Gasteiger charge is 2.37. The van der Waals surface area contributed by atoms with Gasteiger partial charge in [0.2, 0.25) is 59.1 Å². The van der Waals surface area contributed by atoms with E-state index in [9.17, 15) is 88.2 Å². The second-order valence-corrected chi connectivity index (χ2v) is 20.8. The van der Waals surface area contributed by atoms with E-state index in [4.69, 9.17) is 17.2 Å². The molecule has 10 atom stereocenters. The summed E-state index contributed by atoms with van der Waals surface area (Å²) in [7, 11) is 0. The molecule has 30 nitrogen and oxygen atoms in total. The molecule has 0 bridgehead atoms. The van der Waals surface area contributed by atoms with Crippen LogP contribution in [0.3, 0.4) is 0 Å². The fourth-order valence-electron chi connectivity index (χ4n) is 8.21. The fourth-order valence-corrected chi connectivity index (χ4v) is 8.21. The minimum atomic E-state index is -1.85. The van der Waals surface area contributed by atoms with Crippen molar-refractivity contribution in [3.63, 3.8) is 0 Å². The number of unbranched alkanes of at least 4 members (excludes halogenated alkanes) is 1. The van der Waals surface area contributed by atoms with Gasteiger partial charge in [-0.3, -0.25) is 52.7 Å². The van der Waals surface area contributed by atoms with Crippen molar-refractivity contribution in [2.24, 2.45) is 29.0 Å². The zero-order chi connectivity index (χ0) is 63.4. The third-order valence-corrected chi connectivity index (χ3v) is 12.8. The van der Waals surface area contributed by atoms with Crippen LogP contribution in [0.4, 0.5) is 0 Å². The van der Waals surface area contributed by atoms with Gasteiger partial charge in [-0.2, -0.15) is 0 Å². The number of nitrogens with one attached hydrogen (secondary N) is 9. The number of carboxylic acid groups (broad SMARTS) is 2. The molecule has 10 amide bonds. The number of nitrogens with two attached hydrogens (primary N) is 3. The van der Waals surface area contributed by atoms with E-state index in [1.54, 1.807) is 13.8 Å². The van der Waals surface area contributed by atoms with Crippen molar-refractivity contribution in [1.82, 2.24) is 47.9 Å². The lowest BCUT2D eigenvalue weighted by molar-refractivity contribution is -0.143. The molecular formula is C54H82N12O18. The molecule has 0 saturated heterocycles. The molecule has 2 rings (SSSR count). The molecule has 2 aromatic carbocycles. The topological polar surface area (TPSA) is 513 Å². The van der Waals surface area contributed by atoms with Crippen molar-refractivity contribution < 1.29 is 88.2 Å². The molecule has 0 aliphatic rings. The van der Waals surface area contributed by atoms with Crippen molar-refractivity contribution in [1.29, 1.82) is 0 Å². The third-order valence-electron chi connectivity index (χ3n) is 12.8. The van der Waals surface area contributed by atoms with Gasteiger partial charge >= 0.3 is 11.9 Å². The number of carbonyl (C=O) groups excluding carboxylic acids is 10. The summed E-state index contributed by atoms with van der Waals surface area (Å²) in [6, 6.07) is -3.16. The quantitative estimate of drug-likeness (QED) is 0.0282. The Bertz CT molecular complexity index is 2570. The lowest BCUT2D eigenvalue weighted by atomic mass is 9.99. The average Bonchev–Trinajstić information content (AvgIpc) is 3.44. The second-order valence-electron chi connectivity index (χ2n) is 20.8. The predicted molar refractivity (Wildman–Crippen MR) is 299 cm³/mol. The van der Waals surface area contributed by atoms with E-state index in [0.717, 1.165) is 6.92 Å². The Morgan fingerprint density at radius 2 is 0.869 bits per heavy atom. The van der Waals surface area contributed by atoms with Crippen LogP contribution in [-0.2, 0) is 70.4 Å². The van der Waals surface area contributed by atoms with Crippen molar-refractivity contribution >= 4 is 71.0 Å². The number of hydrogen-bond donors (Lipinski definition) is 18. The van der Waals surface area contributed by atoms with Gasteiger partial charge in [0.1, 0.15) is 65.9 Å². The Kier molecular flexibility index (Phi) is 30.8. The van der Waals surface area contributed by atoms with Crippen LogP contribution in [0.1, 0.15) is 97.1 Å². The molecule has 466 valence electrons. The fraction of sp³-hybridized carbons (Fsp3) is 0.556. The van der Waals surface area contributed by atoms with Crippen LogP contribution in [0.2, 0.25) is 0 Å². The number of aliphatic hydroxyl groups excluding tert-OH is 2. The van der Waals surface area contributed by atoms with Gasteiger partial charge in [-0.1, -0.05) is 52.0 Å². The van der Waals surface area contributed by atoms with E-state index >= 15 is 0 Å². The first-order valence-electron chi connectivity index (χ1n) is 27.2. The summed E-state index contributed by atoms with van der Waals surface area (Å²) in [4.78, 5) is 159. The summed E-state index contributed by atoms with van der Waals surface area (Å²) in [5.41, 5.74) is 17.4. The summed E-state index contributed by atoms with van der Waals surface area (Å²) in [6.07, 6.45) is -3.98. The Balaban J connectivity index is 2.48. The maximum atomic E-state index is 14.3. The van der Waals surface area contributed by atoms with E-state index in [0.29, 0.717) is 17.5 Å². The van der Waals surface area contributed by atoms with Crippen LogP contribution in [0.15, 0.2) is 48.5 Å². The summed E-state index contributed by atoms with van der Waals surface area (Å²) < 4.78 is 0. The summed E-state index contributed by atoms with van der Waals surface area (Å²) in [5, 5.41) is 80.9. The average molecular weight is 1190 g/mol. The first-order valence-corrected chi connectivity index (χ1v) is 27.2. The van der Waals surface area contributed by atoms with E-state index in [1.165, 1.54) is 62.4 Å². The number of benzene rings is 2. The van der Waals surface area contributed by atoms with Gasteiger partial charge in [-0.05, 0) is 99.2 Å². The SMILES string of the molecule is CC(C)C[C@H](NC(=O)[C@H](Cc1ccc(O)cc1)NC(=O)CN)C(=O)N[C@H](C(=O)N[C@@H](CCC(=O)O)C(=O)N[C@@H](CCCCN)C(=O)N[C@H](C(=O)N[C@@H](Cc1ccc(O)cc1)C(=O)N[C@@H](CCC(N)=O)C(=O)N[C@@H](CO)C(=O)O)C(C)C)[C@@H](C)O. The van der Waals surface area contributed by atoms with Crippen LogP contribution in [0.25, 0.3) is 0 Å². The minimum Gasteiger partial charge on any atom is -0.508 e. The molecule has 30 heteroatoms. The Hall–Kier alpha value is -8.48. The molecule has 0 unspecified atom stereocenters. The highest BCUT2D eigenvalue weighted by molar-refractivity contribution is 5.99. The maximum absolute atomic E-state index is 14.3. The minimum absolute atomic E-state index is 0.0282. The summed E-state index contributed by atoms with van der Waals surface area (Å²) >= 11 is 0. The van der Waals surface area contributed by atoms with Gasteiger partial charge in [0.25, 0.3) is 0 Å². The van der Waals surface area contributed by atoms with Crippen LogP contribution in [-0.4, -0.2) is 182 Å². The number of aliphatic carboxylic acids is 2. The van der Waals surface area contributed by atoms with Gasteiger partial charge in [0, 0.05) is 25.7 Å². The molecule has 84 heavy (non-hydrogen) atoms. The smallest absolute Gasteiger partial charge is 0.328 e. The van der Waals surface area contributed by atoms with Gasteiger partial charge in [-0.15, -0.1) is 0 Å². The molecular weight excluding hydrogens is 1100 g/mol. The molecule has 0 aliphatic carbocycles. The number of carbonyl (C=O) groups is 12. The van der Waals surface area contributed by atoms with Crippen molar-refractivity contribution in [3.05, 3.63) is 59.7 Å². The molecule has 2 aromatic rings. The first kappa shape index (κ1) is 71.6. The number of amides is 10. The molecule has 21 N–H and O–H groups in total. The molecule has 0 radical (unpaired) electrons. The van der Waals surface area contributed by atoms with Crippen LogP contribution in [0.5, 0.6) is 11.5 Å². The highest BCUT2D eigenvalue weighted by atomic mass is 16.4. The van der Waals surface area contributed by atoms with Crippen LogP contribution < -0.4 is 65.1 Å². The normalized spacial score (nSPS) is 14.7.